The van der Waals surface area contributed by atoms with Gasteiger partial charge in [-0.15, -0.1) is 0 Å². The lowest BCUT2D eigenvalue weighted by Crippen LogP contribution is -2.17. The van der Waals surface area contributed by atoms with Crippen LogP contribution in [-0.4, -0.2) is 29.7 Å². The molecule has 0 aliphatic heterocycles. The van der Waals surface area contributed by atoms with E-state index in [4.69, 9.17) is 14.7 Å². The molecule has 0 saturated heterocycles. The number of aromatic nitrogens is 2. The zero-order valence-corrected chi connectivity index (χ0v) is 15.7. The number of methoxy groups -OCH3 is 1. The summed E-state index contributed by atoms with van der Waals surface area (Å²) >= 11 is 0. The van der Waals surface area contributed by atoms with Gasteiger partial charge in [-0.3, -0.25) is 0 Å². The summed E-state index contributed by atoms with van der Waals surface area (Å²) in [6, 6.07) is 16.8. The Bertz CT molecular complexity index is 906. The van der Waals surface area contributed by atoms with E-state index in [1.54, 1.807) is 7.11 Å². The second-order valence-corrected chi connectivity index (χ2v) is 7.03. The number of benzene rings is 2. The number of nitrogens with zero attached hydrogens (tertiary/aromatic N) is 2. The van der Waals surface area contributed by atoms with Crippen LogP contribution in [0.15, 0.2) is 48.5 Å². The third-order valence-corrected chi connectivity index (χ3v) is 5.17. The molecule has 0 spiro atoms. The lowest BCUT2D eigenvalue weighted by molar-refractivity contribution is 0.410. The van der Waals surface area contributed by atoms with Crippen molar-refractivity contribution in [2.45, 2.75) is 38.1 Å². The van der Waals surface area contributed by atoms with Crippen molar-refractivity contribution in [1.29, 1.82) is 0 Å². The van der Waals surface area contributed by atoms with Crippen molar-refractivity contribution in [1.82, 2.24) is 9.97 Å². The molecule has 1 saturated carbocycles. The maximum Gasteiger partial charge on any atom is 0.225 e. The van der Waals surface area contributed by atoms with Gasteiger partial charge in [0.05, 0.1) is 12.6 Å². The van der Waals surface area contributed by atoms with Gasteiger partial charge >= 0.3 is 0 Å². The van der Waals surface area contributed by atoms with Gasteiger partial charge in [-0.2, -0.15) is 4.98 Å². The van der Waals surface area contributed by atoms with Crippen LogP contribution in [0, 0.1) is 0 Å². The predicted molar refractivity (Wildman–Crippen MR) is 111 cm³/mol. The molecule has 0 atom stereocenters. The second kappa shape index (κ2) is 8.25. The Morgan fingerprint density at radius 2 is 1.78 bits per heavy atom. The Balaban J connectivity index is 1.51. The van der Waals surface area contributed by atoms with Crippen molar-refractivity contribution in [2.24, 2.45) is 0 Å². The first-order chi connectivity index (χ1) is 13.3. The third-order valence-electron chi connectivity index (χ3n) is 5.17. The fourth-order valence-corrected chi connectivity index (χ4v) is 3.75. The van der Waals surface area contributed by atoms with Crippen LogP contribution in [0.25, 0.3) is 10.9 Å². The van der Waals surface area contributed by atoms with Crippen molar-refractivity contribution in [3.8, 4) is 5.75 Å². The summed E-state index contributed by atoms with van der Waals surface area (Å²) in [4.78, 5) is 9.46. The Labute approximate surface area is 160 Å². The molecule has 5 nitrogen and oxygen atoms in total. The fraction of sp³-hybridized carbons (Fsp3) is 0.364. The number of para-hydroxylation sites is 2. The zero-order chi connectivity index (χ0) is 18.5. The molecule has 0 unspecified atom stereocenters. The van der Waals surface area contributed by atoms with Gasteiger partial charge < -0.3 is 15.4 Å². The van der Waals surface area contributed by atoms with Crippen LogP contribution in [0.4, 0.5) is 11.8 Å². The van der Waals surface area contributed by atoms with Crippen molar-refractivity contribution >= 4 is 22.7 Å². The molecule has 1 aromatic heterocycles. The van der Waals surface area contributed by atoms with Crippen LogP contribution in [0.2, 0.25) is 0 Å². The standard InChI is InChI=1S/C22H26N4O/c1-27-20-13-7-2-8-16(20)14-15-23-22-25-19-12-6-5-11-18(19)21(26-22)24-17-9-3-4-10-17/h2,5-8,11-13,17H,3-4,9-10,14-15H2,1H3,(H2,23,24,25,26). The largest absolute Gasteiger partial charge is 0.496 e. The molecular formula is C22H26N4O. The van der Waals surface area contributed by atoms with Crippen molar-refractivity contribution in [3.05, 3.63) is 54.1 Å². The van der Waals surface area contributed by atoms with E-state index in [1.165, 1.54) is 31.2 Å². The maximum atomic E-state index is 5.43. The van der Waals surface area contributed by atoms with Crippen LogP contribution in [0.3, 0.4) is 0 Å². The molecule has 1 aliphatic carbocycles. The average Bonchev–Trinajstić information content (AvgIpc) is 3.21. The monoisotopic (exact) mass is 362 g/mol. The minimum atomic E-state index is 0.518. The first-order valence-corrected chi connectivity index (χ1v) is 9.72. The highest BCUT2D eigenvalue weighted by atomic mass is 16.5. The highest BCUT2D eigenvalue weighted by molar-refractivity contribution is 5.90. The number of fused-ring (bicyclic) bond motifs is 1. The molecule has 1 aliphatic rings. The molecule has 2 N–H and O–H groups in total. The predicted octanol–water partition coefficient (Wildman–Crippen LogP) is 4.65. The summed E-state index contributed by atoms with van der Waals surface area (Å²) in [6.45, 7) is 0.752. The van der Waals surface area contributed by atoms with Gasteiger partial charge in [0, 0.05) is 18.0 Å². The van der Waals surface area contributed by atoms with Gasteiger partial charge in [0.2, 0.25) is 5.95 Å². The second-order valence-electron chi connectivity index (χ2n) is 7.03. The number of hydrogen-bond acceptors (Lipinski definition) is 5. The van der Waals surface area contributed by atoms with Crippen molar-refractivity contribution < 1.29 is 4.74 Å². The molecule has 5 heteroatoms. The van der Waals surface area contributed by atoms with Gasteiger partial charge in [-0.05, 0) is 43.0 Å². The van der Waals surface area contributed by atoms with Crippen molar-refractivity contribution in [2.75, 3.05) is 24.3 Å². The summed E-state index contributed by atoms with van der Waals surface area (Å²) in [5, 5.41) is 8.11. The van der Waals surface area contributed by atoms with Gasteiger partial charge in [-0.1, -0.05) is 43.2 Å². The van der Waals surface area contributed by atoms with E-state index in [0.717, 1.165) is 35.4 Å². The first kappa shape index (κ1) is 17.6. The molecule has 1 fully saturated rings. The normalized spacial score (nSPS) is 14.4. The minimum absolute atomic E-state index is 0.518. The number of hydrogen-bond donors (Lipinski definition) is 2. The maximum absolute atomic E-state index is 5.43. The van der Waals surface area contributed by atoms with E-state index in [2.05, 4.69) is 22.8 Å². The van der Waals surface area contributed by atoms with E-state index < -0.39 is 0 Å². The topological polar surface area (TPSA) is 59.1 Å². The summed E-state index contributed by atoms with van der Waals surface area (Å²) in [6.07, 6.45) is 5.88. The molecule has 1 heterocycles. The van der Waals surface area contributed by atoms with Gasteiger partial charge in [0.1, 0.15) is 11.6 Å². The van der Waals surface area contributed by atoms with E-state index in [-0.39, 0.29) is 0 Å². The Morgan fingerprint density at radius 1 is 1.00 bits per heavy atom. The molecule has 2 aromatic carbocycles. The summed E-state index contributed by atoms with van der Waals surface area (Å²) in [5.41, 5.74) is 2.14. The van der Waals surface area contributed by atoms with Crippen LogP contribution < -0.4 is 15.4 Å². The number of ether oxygens (including phenoxy) is 1. The van der Waals surface area contributed by atoms with E-state index in [0.29, 0.717) is 12.0 Å². The molecular weight excluding hydrogens is 336 g/mol. The molecule has 4 rings (SSSR count). The molecule has 27 heavy (non-hydrogen) atoms. The number of nitrogens with one attached hydrogen (secondary N) is 2. The summed E-state index contributed by atoms with van der Waals surface area (Å²) in [5.74, 6) is 2.53. The van der Waals surface area contributed by atoms with Crippen LogP contribution >= 0.6 is 0 Å². The van der Waals surface area contributed by atoms with Crippen molar-refractivity contribution in [3.63, 3.8) is 0 Å². The fourth-order valence-electron chi connectivity index (χ4n) is 3.75. The van der Waals surface area contributed by atoms with Crippen LogP contribution in [0.5, 0.6) is 5.75 Å². The van der Waals surface area contributed by atoms with E-state index >= 15 is 0 Å². The van der Waals surface area contributed by atoms with E-state index in [9.17, 15) is 0 Å². The van der Waals surface area contributed by atoms with Gasteiger partial charge in [0.15, 0.2) is 0 Å². The SMILES string of the molecule is COc1ccccc1CCNc1nc(NC2CCCC2)c2ccccc2n1. The van der Waals surface area contributed by atoms with Crippen LogP contribution in [-0.2, 0) is 6.42 Å². The molecule has 3 aromatic rings. The Hall–Kier alpha value is -2.82. The highest BCUT2D eigenvalue weighted by Crippen LogP contribution is 2.27. The minimum Gasteiger partial charge on any atom is -0.496 e. The smallest absolute Gasteiger partial charge is 0.225 e. The quantitative estimate of drug-likeness (QED) is 0.641. The lowest BCUT2D eigenvalue weighted by Gasteiger charge is -2.16. The Kier molecular flexibility index (Phi) is 5.37. The average molecular weight is 362 g/mol. The van der Waals surface area contributed by atoms with Gasteiger partial charge in [-0.25, -0.2) is 4.98 Å². The zero-order valence-electron chi connectivity index (χ0n) is 15.7. The molecule has 0 radical (unpaired) electrons. The summed E-state index contributed by atoms with van der Waals surface area (Å²) in [7, 11) is 1.71. The Morgan fingerprint density at radius 3 is 2.63 bits per heavy atom. The molecule has 140 valence electrons. The number of rotatable bonds is 7. The third kappa shape index (κ3) is 4.13. The lowest BCUT2D eigenvalue weighted by atomic mass is 10.1. The molecule has 0 amide bonds. The first-order valence-electron chi connectivity index (χ1n) is 9.72. The molecule has 0 bridgehead atoms. The van der Waals surface area contributed by atoms with Crippen LogP contribution in [0.1, 0.15) is 31.2 Å². The summed E-state index contributed by atoms with van der Waals surface area (Å²) < 4.78 is 5.43. The number of anilines is 2. The van der Waals surface area contributed by atoms with Gasteiger partial charge in [0.25, 0.3) is 0 Å². The highest BCUT2D eigenvalue weighted by Gasteiger charge is 2.17. The van der Waals surface area contributed by atoms with E-state index in [1.807, 2.05) is 36.4 Å².